The quantitative estimate of drug-likeness (QED) is 0.0531. The van der Waals surface area contributed by atoms with Crippen LogP contribution in [0.5, 0.6) is 0 Å². The van der Waals surface area contributed by atoms with Gasteiger partial charge in [0.25, 0.3) is 0 Å². The van der Waals surface area contributed by atoms with Crippen molar-refractivity contribution in [1.82, 2.24) is 16.0 Å². The van der Waals surface area contributed by atoms with E-state index in [1.54, 1.807) is 13.8 Å². The van der Waals surface area contributed by atoms with Gasteiger partial charge < -0.3 is 49.1 Å². The Bertz CT molecular complexity index is 773. The zero-order valence-corrected chi connectivity index (χ0v) is 20.0. The molecule has 0 bridgehead atoms. The second-order valence-corrected chi connectivity index (χ2v) is 8.08. The second kappa shape index (κ2) is 16.2. The Morgan fingerprint density at radius 3 is 1.97 bits per heavy atom. The number of hydrogen-bond donors (Lipinski definition) is 9. The van der Waals surface area contributed by atoms with E-state index in [1.807, 2.05) is 0 Å². The average molecular weight is 503 g/mol. The molecule has 15 nitrogen and oxygen atoms in total. The average Bonchev–Trinajstić information content (AvgIpc) is 2.79. The minimum absolute atomic E-state index is 0.103. The van der Waals surface area contributed by atoms with E-state index in [4.69, 9.17) is 22.9 Å². The number of guanidine groups is 1. The highest BCUT2D eigenvalue weighted by Crippen LogP contribution is 2.09. The third-order valence-electron chi connectivity index (χ3n) is 5.21. The number of rotatable bonds is 17. The molecule has 0 aromatic carbocycles. The molecule has 0 aromatic rings. The van der Waals surface area contributed by atoms with Crippen LogP contribution in [-0.2, 0) is 24.0 Å². The van der Waals surface area contributed by atoms with Gasteiger partial charge in [0.15, 0.2) is 5.96 Å². The number of aliphatic carboxylic acids is 1. The first kappa shape index (κ1) is 31.5. The van der Waals surface area contributed by atoms with Gasteiger partial charge in [-0.15, -0.1) is 0 Å². The number of nitrogens with one attached hydrogen (secondary N) is 3. The fourth-order valence-corrected chi connectivity index (χ4v) is 2.89. The number of hydrogen-bond acceptors (Lipinski definition) is 8. The summed E-state index contributed by atoms with van der Waals surface area (Å²) < 4.78 is 0. The van der Waals surface area contributed by atoms with E-state index < -0.39 is 66.3 Å². The third-order valence-corrected chi connectivity index (χ3v) is 5.21. The highest BCUT2D eigenvalue weighted by molar-refractivity contribution is 5.94. The van der Waals surface area contributed by atoms with Crippen LogP contribution in [0.1, 0.15) is 46.0 Å². The van der Waals surface area contributed by atoms with Crippen molar-refractivity contribution in [2.75, 3.05) is 13.2 Å². The Labute approximate surface area is 203 Å². The molecule has 0 aromatic heterocycles. The molecule has 5 unspecified atom stereocenters. The molecular weight excluding hydrogens is 464 g/mol. The molecule has 0 aliphatic rings. The molecule has 0 spiro atoms. The summed E-state index contributed by atoms with van der Waals surface area (Å²) in [4.78, 5) is 64.2. The van der Waals surface area contributed by atoms with E-state index in [2.05, 4.69) is 20.9 Å². The highest BCUT2D eigenvalue weighted by atomic mass is 16.4. The lowest BCUT2D eigenvalue weighted by Crippen LogP contribution is -2.58. The topological polar surface area (TPSA) is 278 Å². The normalized spacial score (nSPS) is 15.0. The molecule has 15 heteroatoms. The lowest BCUT2D eigenvalue weighted by atomic mass is 9.98. The maximum absolute atomic E-state index is 12.7. The number of amides is 4. The van der Waals surface area contributed by atoms with Crippen molar-refractivity contribution in [3.8, 4) is 0 Å². The molecule has 4 amide bonds. The van der Waals surface area contributed by atoms with E-state index in [0.717, 1.165) is 0 Å². The van der Waals surface area contributed by atoms with Crippen molar-refractivity contribution < 1.29 is 34.2 Å². The van der Waals surface area contributed by atoms with Gasteiger partial charge in [-0.1, -0.05) is 20.3 Å². The van der Waals surface area contributed by atoms with E-state index in [-0.39, 0.29) is 31.8 Å². The first-order valence-corrected chi connectivity index (χ1v) is 11.2. The van der Waals surface area contributed by atoms with Crippen molar-refractivity contribution in [3.63, 3.8) is 0 Å². The predicted octanol–water partition coefficient (Wildman–Crippen LogP) is -3.79. The minimum Gasteiger partial charge on any atom is -0.480 e. The van der Waals surface area contributed by atoms with Crippen LogP contribution < -0.4 is 38.9 Å². The number of aliphatic hydroxyl groups is 1. The van der Waals surface area contributed by atoms with Crippen molar-refractivity contribution in [1.29, 1.82) is 0 Å². The largest absolute Gasteiger partial charge is 0.480 e. The molecule has 13 N–H and O–H groups in total. The van der Waals surface area contributed by atoms with Crippen molar-refractivity contribution in [2.45, 2.75) is 70.1 Å². The number of carbonyl (C=O) groups is 5. The molecule has 5 atom stereocenters. The van der Waals surface area contributed by atoms with Crippen LogP contribution in [0.4, 0.5) is 0 Å². The zero-order chi connectivity index (χ0) is 27.1. The standard InChI is InChI=1S/C20H38N8O7/c1-3-10(2)15(19(34)35)28-17(32)12(6-7-14(22)30)26-18(33)13(9-29)27-16(31)11(21)5-4-8-25-20(23)24/h10-13,15,29H,3-9,21H2,1-2H3,(H2,22,30)(H,26,33)(H,27,31)(H,28,32)(H,34,35)(H4,23,24,25). The Kier molecular flexibility index (Phi) is 14.6. The number of carboxylic acid groups (broad SMARTS) is 1. The smallest absolute Gasteiger partial charge is 0.326 e. The molecule has 0 radical (unpaired) electrons. The van der Waals surface area contributed by atoms with Gasteiger partial charge in [0, 0.05) is 13.0 Å². The summed E-state index contributed by atoms with van der Waals surface area (Å²) in [6.07, 6.45) is 0.532. The number of aliphatic hydroxyl groups excluding tert-OH is 1. The highest BCUT2D eigenvalue weighted by Gasteiger charge is 2.31. The fraction of sp³-hybridized carbons (Fsp3) is 0.700. The first-order chi connectivity index (χ1) is 16.3. The van der Waals surface area contributed by atoms with E-state index in [9.17, 15) is 34.2 Å². The summed E-state index contributed by atoms with van der Waals surface area (Å²) in [6.45, 7) is 2.82. The van der Waals surface area contributed by atoms with Gasteiger partial charge in [-0.05, 0) is 25.2 Å². The van der Waals surface area contributed by atoms with Crippen LogP contribution in [0, 0.1) is 5.92 Å². The molecule has 0 saturated heterocycles. The van der Waals surface area contributed by atoms with Crippen LogP contribution in [0.3, 0.4) is 0 Å². The molecule has 35 heavy (non-hydrogen) atoms. The Balaban J connectivity index is 5.26. The van der Waals surface area contributed by atoms with E-state index in [0.29, 0.717) is 12.8 Å². The lowest BCUT2D eigenvalue weighted by molar-refractivity contribution is -0.144. The molecular formula is C20H38N8O7. The molecule has 0 rings (SSSR count). The summed E-state index contributed by atoms with van der Waals surface area (Å²) in [5, 5.41) is 25.9. The van der Waals surface area contributed by atoms with Gasteiger partial charge in [0.1, 0.15) is 18.1 Å². The van der Waals surface area contributed by atoms with Gasteiger partial charge >= 0.3 is 5.97 Å². The molecule has 0 saturated carbocycles. The van der Waals surface area contributed by atoms with Gasteiger partial charge in [-0.3, -0.25) is 24.2 Å². The Morgan fingerprint density at radius 1 is 0.914 bits per heavy atom. The summed E-state index contributed by atoms with van der Waals surface area (Å²) in [7, 11) is 0. The Hall–Kier alpha value is -3.46. The van der Waals surface area contributed by atoms with Crippen molar-refractivity contribution in [2.24, 2.45) is 33.8 Å². The monoisotopic (exact) mass is 502 g/mol. The number of carboxylic acids is 1. The Morgan fingerprint density at radius 2 is 1.49 bits per heavy atom. The van der Waals surface area contributed by atoms with Gasteiger partial charge in [0.05, 0.1) is 12.6 Å². The number of nitrogens with zero attached hydrogens (tertiary/aromatic N) is 1. The number of aliphatic imine (C=N–C) groups is 1. The third kappa shape index (κ3) is 12.5. The van der Waals surface area contributed by atoms with Gasteiger partial charge in [-0.25, -0.2) is 4.79 Å². The zero-order valence-electron chi connectivity index (χ0n) is 20.0. The van der Waals surface area contributed by atoms with Crippen molar-refractivity contribution >= 4 is 35.6 Å². The van der Waals surface area contributed by atoms with Crippen LogP contribution in [0.15, 0.2) is 4.99 Å². The van der Waals surface area contributed by atoms with Crippen LogP contribution in [-0.4, -0.2) is 83.1 Å². The van der Waals surface area contributed by atoms with Crippen LogP contribution >= 0.6 is 0 Å². The fourth-order valence-electron chi connectivity index (χ4n) is 2.89. The van der Waals surface area contributed by atoms with E-state index in [1.165, 1.54) is 0 Å². The maximum Gasteiger partial charge on any atom is 0.326 e. The number of nitrogens with two attached hydrogens (primary N) is 4. The molecule has 200 valence electrons. The summed E-state index contributed by atoms with van der Waals surface area (Å²) in [5.41, 5.74) is 21.3. The maximum atomic E-state index is 12.7. The first-order valence-electron chi connectivity index (χ1n) is 11.2. The molecule has 0 aliphatic carbocycles. The second-order valence-electron chi connectivity index (χ2n) is 8.08. The minimum atomic E-state index is -1.46. The summed E-state index contributed by atoms with van der Waals surface area (Å²) in [5.74, 6) is -5.05. The van der Waals surface area contributed by atoms with Gasteiger partial charge in [-0.2, -0.15) is 0 Å². The lowest BCUT2D eigenvalue weighted by Gasteiger charge is -2.26. The van der Waals surface area contributed by atoms with Crippen LogP contribution in [0.25, 0.3) is 0 Å². The summed E-state index contributed by atoms with van der Waals surface area (Å²) in [6, 6.07) is -5.06. The summed E-state index contributed by atoms with van der Waals surface area (Å²) >= 11 is 0. The van der Waals surface area contributed by atoms with Crippen molar-refractivity contribution in [3.05, 3.63) is 0 Å². The van der Waals surface area contributed by atoms with E-state index >= 15 is 0 Å². The molecule has 0 aliphatic heterocycles. The number of primary amides is 1. The van der Waals surface area contributed by atoms with Gasteiger partial charge in [0.2, 0.25) is 23.6 Å². The number of carbonyl (C=O) groups excluding carboxylic acids is 4. The SMILES string of the molecule is CCC(C)C(NC(=O)C(CCC(N)=O)NC(=O)C(CO)NC(=O)C(N)CCCN=C(N)N)C(=O)O. The predicted molar refractivity (Wildman–Crippen MR) is 126 cm³/mol. The molecule has 0 fully saturated rings. The molecule has 0 heterocycles. The van der Waals surface area contributed by atoms with Crippen LogP contribution in [0.2, 0.25) is 0 Å².